The number of hydrogen-bond acceptors (Lipinski definition) is 3. The Balaban J connectivity index is 1.59. The van der Waals surface area contributed by atoms with Gasteiger partial charge in [0.2, 0.25) is 0 Å². The molecule has 0 aromatic heterocycles. The van der Waals surface area contributed by atoms with Crippen LogP contribution >= 0.6 is 11.8 Å². The molecule has 1 aliphatic heterocycles. The summed E-state index contributed by atoms with van der Waals surface area (Å²) in [7, 11) is 1.63. The predicted molar refractivity (Wildman–Crippen MR) is 102 cm³/mol. The highest BCUT2D eigenvalue weighted by Crippen LogP contribution is 2.37. The van der Waals surface area contributed by atoms with E-state index < -0.39 is 0 Å². The Bertz CT molecular complexity index is 989. The summed E-state index contributed by atoms with van der Waals surface area (Å²) in [5.41, 5.74) is 1.46. The predicted octanol–water partition coefficient (Wildman–Crippen LogP) is 4.95. The van der Waals surface area contributed by atoms with E-state index in [0.717, 1.165) is 34.3 Å². The van der Waals surface area contributed by atoms with Crippen LogP contribution in [0.3, 0.4) is 0 Å². The average molecular weight is 367 g/mol. The first-order valence-electron chi connectivity index (χ1n) is 8.45. The average Bonchev–Trinajstić information content (AvgIpc) is 2.68. The molecule has 132 valence electrons. The minimum Gasteiger partial charge on any atom is -0.497 e. The molecule has 3 aromatic rings. The minimum absolute atomic E-state index is 0.144. The Morgan fingerprint density at radius 3 is 2.81 bits per heavy atom. The van der Waals surface area contributed by atoms with Gasteiger partial charge in [-0.25, -0.2) is 4.39 Å². The van der Waals surface area contributed by atoms with Gasteiger partial charge in [0, 0.05) is 16.2 Å². The zero-order chi connectivity index (χ0) is 18.1. The van der Waals surface area contributed by atoms with Gasteiger partial charge in [0.15, 0.2) is 0 Å². The van der Waals surface area contributed by atoms with Crippen LogP contribution in [0.4, 0.5) is 4.39 Å². The highest BCUT2D eigenvalue weighted by Gasteiger charge is 2.24. The smallest absolute Gasteiger partial charge is 0.251 e. The summed E-state index contributed by atoms with van der Waals surface area (Å²) >= 11 is 1.51. The summed E-state index contributed by atoms with van der Waals surface area (Å²) < 4.78 is 19.2. The highest BCUT2D eigenvalue weighted by molar-refractivity contribution is 7.99. The minimum atomic E-state index is -0.217. The number of amides is 1. The fourth-order valence-corrected chi connectivity index (χ4v) is 4.41. The summed E-state index contributed by atoms with van der Waals surface area (Å²) in [6, 6.07) is 16.2. The molecule has 0 unspecified atom stereocenters. The van der Waals surface area contributed by atoms with E-state index in [1.54, 1.807) is 19.2 Å². The molecule has 3 nitrogen and oxygen atoms in total. The molecule has 26 heavy (non-hydrogen) atoms. The molecule has 5 heteroatoms. The van der Waals surface area contributed by atoms with E-state index in [0.29, 0.717) is 10.5 Å². The van der Waals surface area contributed by atoms with Crippen molar-refractivity contribution in [2.75, 3.05) is 12.9 Å². The Morgan fingerprint density at radius 1 is 1.15 bits per heavy atom. The molecular formula is C21H18FNO2S. The molecule has 0 fully saturated rings. The molecule has 0 saturated heterocycles. The van der Waals surface area contributed by atoms with Crippen molar-refractivity contribution >= 4 is 28.4 Å². The molecule has 0 aliphatic carbocycles. The van der Waals surface area contributed by atoms with Gasteiger partial charge >= 0.3 is 0 Å². The van der Waals surface area contributed by atoms with Gasteiger partial charge in [0.25, 0.3) is 5.91 Å². The van der Waals surface area contributed by atoms with Crippen LogP contribution < -0.4 is 10.1 Å². The van der Waals surface area contributed by atoms with Gasteiger partial charge in [-0.1, -0.05) is 24.3 Å². The second-order valence-corrected chi connectivity index (χ2v) is 7.35. The van der Waals surface area contributed by atoms with Crippen LogP contribution in [0.25, 0.3) is 10.8 Å². The maximum Gasteiger partial charge on any atom is 0.251 e. The van der Waals surface area contributed by atoms with Crippen molar-refractivity contribution in [3.05, 3.63) is 71.5 Å². The monoisotopic (exact) mass is 367 g/mol. The van der Waals surface area contributed by atoms with E-state index in [1.807, 2.05) is 36.4 Å². The molecule has 1 heterocycles. The Kier molecular flexibility index (Phi) is 4.55. The Hall–Kier alpha value is -2.53. The lowest BCUT2D eigenvalue weighted by molar-refractivity contribution is 0.0935. The van der Waals surface area contributed by atoms with E-state index in [9.17, 15) is 9.18 Å². The lowest BCUT2D eigenvalue weighted by atomic mass is 10.0. The third-order valence-electron chi connectivity index (χ3n) is 4.64. The number of halogens is 1. The molecule has 0 radical (unpaired) electrons. The fraction of sp³-hybridized carbons (Fsp3) is 0.190. The summed E-state index contributed by atoms with van der Waals surface area (Å²) in [5.74, 6) is 1.21. The van der Waals surface area contributed by atoms with Gasteiger partial charge in [-0.2, -0.15) is 0 Å². The van der Waals surface area contributed by atoms with Crippen LogP contribution in [0.15, 0.2) is 59.5 Å². The lowest BCUT2D eigenvalue weighted by Crippen LogP contribution is -2.30. The standard InChI is InChI=1S/C21H18FNO2S/c1-25-16-8-7-13-11-15(6-5-14(13)12-16)21(24)23-19-9-10-26-20-17(19)3-2-4-18(20)22/h2-8,11-12,19H,9-10H2,1H3,(H,23,24)/t19-/m0/s1. The largest absolute Gasteiger partial charge is 0.497 e. The Labute approximate surface area is 155 Å². The van der Waals surface area contributed by atoms with Crippen LogP contribution in [0.5, 0.6) is 5.75 Å². The first-order valence-corrected chi connectivity index (χ1v) is 9.44. The molecule has 0 spiro atoms. The van der Waals surface area contributed by atoms with Crippen LogP contribution in [-0.4, -0.2) is 18.8 Å². The normalized spacial score (nSPS) is 16.2. The Morgan fingerprint density at radius 2 is 1.96 bits per heavy atom. The number of methoxy groups -OCH3 is 1. The van der Waals surface area contributed by atoms with Crippen LogP contribution in [0.1, 0.15) is 28.4 Å². The molecule has 0 saturated carbocycles. The van der Waals surface area contributed by atoms with Gasteiger partial charge in [-0.05, 0) is 53.1 Å². The first kappa shape index (κ1) is 16.9. The van der Waals surface area contributed by atoms with Crippen molar-refractivity contribution in [2.45, 2.75) is 17.4 Å². The zero-order valence-electron chi connectivity index (χ0n) is 14.3. The van der Waals surface area contributed by atoms with Crippen molar-refractivity contribution in [2.24, 2.45) is 0 Å². The lowest BCUT2D eigenvalue weighted by Gasteiger charge is -2.26. The second-order valence-electron chi connectivity index (χ2n) is 6.25. The number of carbonyl (C=O) groups excluding carboxylic acids is 1. The van der Waals surface area contributed by atoms with E-state index in [-0.39, 0.29) is 17.8 Å². The molecule has 1 N–H and O–H groups in total. The molecule has 0 bridgehead atoms. The number of benzene rings is 3. The van der Waals surface area contributed by atoms with E-state index >= 15 is 0 Å². The number of nitrogens with one attached hydrogen (secondary N) is 1. The molecule has 3 aromatic carbocycles. The van der Waals surface area contributed by atoms with Crippen LogP contribution in [0.2, 0.25) is 0 Å². The first-order chi connectivity index (χ1) is 12.7. The zero-order valence-corrected chi connectivity index (χ0v) is 15.1. The second kappa shape index (κ2) is 7.00. The van der Waals surface area contributed by atoms with Crippen molar-refractivity contribution in [3.8, 4) is 5.75 Å². The van der Waals surface area contributed by atoms with E-state index in [4.69, 9.17) is 4.74 Å². The van der Waals surface area contributed by atoms with Gasteiger partial charge < -0.3 is 10.1 Å². The maximum atomic E-state index is 14.0. The summed E-state index contributed by atoms with van der Waals surface area (Å²) in [6.07, 6.45) is 0.789. The van der Waals surface area contributed by atoms with Crippen molar-refractivity contribution in [3.63, 3.8) is 0 Å². The van der Waals surface area contributed by atoms with Gasteiger partial charge in [-0.3, -0.25) is 4.79 Å². The third kappa shape index (κ3) is 3.15. The quantitative estimate of drug-likeness (QED) is 0.711. The third-order valence-corrected chi connectivity index (χ3v) is 5.80. The van der Waals surface area contributed by atoms with Crippen LogP contribution in [0, 0.1) is 5.82 Å². The van der Waals surface area contributed by atoms with Gasteiger partial charge in [0.05, 0.1) is 13.2 Å². The highest BCUT2D eigenvalue weighted by atomic mass is 32.2. The fourth-order valence-electron chi connectivity index (χ4n) is 3.27. The molecule has 1 aliphatic rings. The van der Waals surface area contributed by atoms with Gasteiger partial charge in [-0.15, -0.1) is 11.8 Å². The van der Waals surface area contributed by atoms with Gasteiger partial charge in [0.1, 0.15) is 11.6 Å². The molecule has 1 atom stereocenters. The SMILES string of the molecule is COc1ccc2cc(C(=O)N[C@H]3CCSc4c(F)cccc43)ccc2c1. The number of thioether (sulfide) groups is 1. The van der Waals surface area contributed by atoms with Crippen molar-refractivity contribution in [1.29, 1.82) is 0 Å². The molecular weight excluding hydrogens is 349 g/mol. The van der Waals surface area contributed by atoms with Crippen LogP contribution in [-0.2, 0) is 0 Å². The van der Waals surface area contributed by atoms with E-state index in [2.05, 4.69) is 5.32 Å². The maximum absolute atomic E-state index is 14.0. The summed E-state index contributed by atoms with van der Waals surface area (Å²) in [4.78, 5) is 13.4. The molecule has 4 rings (SSSR count). The number of ether oxygens (including phenoxy) is 1. The number of carbonyl (C=O) groups is 1. The topological polar surface area (TPSA) is 38.3 Å². The van der Waals surface area contributed by atoms with Crippen molar-refractivity contribution < 1.29 is 13.9 Å². The number of rotatable bonds is 3. The summed E-state index contributed by atoms with van der Waals surface area (Å²) in [5, 5.41) is 5.05. The number of fused-ring (bicyclic) bond motifs is 2. The van der Waals surface area contributed by atoms with E-state index in [1.165, 1.54) is 17.8 Å². The summed E-state index contributed by atoms with van der Waals surface area (Å²) in [6.45, 7) is 0. The molecule has 1 amide bonds. The number of hydrogen-bond donors (Lipinski definition) is 1. The van der Waals surface area contributed by atoms with Crippen molar-refractivity contribution in [1.82, 2.24) is 5.32 Å².